The first-order valence-electron chi connectivity index (χ1n) is 13.0. The molecule has 0 amide bonds. The molecule has 1 heterocycles. The van der Waals surface area contributed by atoms with E-state index in [1.54, 1.807) is 0 Å². The van der Waals surface area contributed by atoms with Crippen LogP contribution in [0, 0.1) is 0 Å². The van der Waals surface area contributed by atoms with E-state index in [-0.39, 0.29) is 0 Å². The number of benzene rings is 2. The third kappa shape index (κ3) is 9.17. The average Bonchev–Trinajstić information content (AvgIpc) is 2.88. The zero-order valence-electron chi connectivity index (χ0n) is 21.0. The molecule has 1 aromatic heterocycles. The predicted octanol–water partition coefficient (Wildman–Crippen LogP) is 8.19. The minimum absolute atomic E-state index is 0.528. The molecule has 0 fully saturated rings. The van der Waals surface area contributed by atoms with Gasteiger partial charge in [-0.3, -0.25) is 0 Å². The van der Waals surface area contributed by atoms with Crippen molar-refractivity contribution in [2.24, 2.45) is 0 Å². The zero-order chi connectivity index (χ0) is 23.8. The van der Waals surface area contributed by atoms with E-state index < -0.39 is 0 Å². The van der Waals surface area contributed by atoms with Crippen molar-refractivity contribution in [2.75, 3.05) is 6.61 Å². The Labute approximate surface area is 205 Å². The molecule has 0 unspecified atom stereocenters. The SMILES string of the molecule is CCCCCCCCOc1ccc(COc2ccc(-c3ncc(CCCCC)cn3)cc2)cc1. The van der Waals surface area contributed by atoms with Crippen LogP contribution in [0.5, 0.6) is 11.5 Å². The molecular formula is C30H40N2O2. The Hall–Kier alpha value is -2.88. The van der Waals surface area contributed by atoms with Gasteiger partial charge in [-0.15, -0.1) is 0 Å². The molecule has 0 radical (unpaired) electrons. The van der Waals surface area contributed by atoms with Crippen LogP contribution in [0.2, 0.25) is 0 Å². The molecule has 3 aromatic rings. The lowest BCUT2D eigenvalue weighted by Gasteiger charge is -2.09. The van der Waals surface area contributed by atoms with E-state index in [1.165, 1.54) is 56.9 Å². The van der Waals surface area contributed by atoms with Crippen molar-refractivity contribution in [2.45, 2.75) is 84.7 Å². The Balaban J connectivity index is 1.39. The molecule has 3 rings (SSSR count). The molecule has 4 heteroatoms. The molecule has 0 saturated carbocycles. The monoisotopic (exact) mass is 460 g/mol. The minimum atomic E-state index is 0.528. The number of hydrogen-bond acceptors (Lipinski definition) is 4. The third-order valence-electron chi connectivity index (χ3n) is 5.98. The molecule has 4 nitrogen and oxygen atoms in total. The number of aryl methyl sites for hydroxylation is 1. The number of rotatable bonds is 16. The fourth-order valence-electron chi connectivity index (χ4n) is 3.83. The molecule has 0 bridgehead atoms. The van der Waals surface area contributed by atoms with Crippen LogP contribution < -0.4 is 9.47 Å². The van der Waals surface area contributed by atoms with Gasteiger partial charge in [0.25, 0.3) is 0 Å². The van der Waals surface area contributed by atoms with Gasteiger partial charge in [-0.1, -0.05) is 70.9 Å². The minimum Gasteiger partial charge on any atom is -0.494 e. The van der Waals surface area contributed by atoms with E-state index in [0.717, 1.165) is 47.9 Å². The molecule has 182 valence electrons. The van der Waals surface area contributed by atoms with Crippen molar-refractivity contribution in [1.29, 1.82) is 0 Å². The summed E-state index contributed by atoms with van der Waals surface area (Å²) in [6.07, 6.45) is 16.3. The van der Waals surface area contributed by atoms with Crippen LogP contribution in [0.4, 0.5) is 0 Å². The lowest BCUT2D eigenvalue weighted by Crippen LogP contribution is -1.99. The first-order chi connectivity index (χ1) is 16.8. The van der Waals surface area contributed by atoms with Gasteiger partial charge in [0, 0.05) is 18.0 Å². The predicted molar refractivity (Wildman–Crippen MR) is 140 cm³/mol. The average molecular weight is 461 g/mol. The van der Waals surface area contributed by atoms with E-state index in [0.29, 0.717) is 6.61 Å². The molecule has 34 heavy (non-hydrogen) atoms. The van der Waals surface area contributed by atoms with Crippen LogP contribution in [0.25, 0.3) is 11.4 Å². The fourth-order valence-corrected chi connectivity index (χ4v) is 3.83. The molecule has 0 saturated heterocycles. The van der Waals surface area contributed by atoms with Crippen molar-refractivity contribution >= 4 is 0 Å². The summed E-state index contributed by atoms with van der Waals surface area (Å²) in [6.45, 7) is 5.79. The normalized spacial score (nSPS) is 10.9. The first-order valence-corrected chi connectivity index (χ1v) is 13.0. The number of hydrogen-bond donors (Lipinski definition) is 0. The van der Waals surface area contributed by atoms with Crippen LogP contribution in [-0.2, 0) is 13.0 Å². The number of ether oxygens (including phenoxy) is 2. The van der Waals surface area contributed by atoms with Gasteiger partial charge in [-0.05, 0) is 66.8 Å². The summed E-state index contributed by atoms with van der Waals surface area (Å²) < 4.78 is 11.8. The summed E-state index contributed by atoms with van der Waals surface area (Å²) in [5.74, 6) is 2.52. The van der Waals surface area contributed by atoms with Crippen LogP contribution in [0.3, 0.4) is 0 Å². The maximum Gasteiger partial charge on any atom is 0.159 e. The second kappa shape index (κ2) is 15.1. The van der Waals surface area contributed by atoms with Crippen molar-refractivity contribution in [3.05, 3.63) is 72.1 Å². The second-order valence-electron chi connectivity index (χ2n) is 8.95. The third-order valence-corrected chi connectivity index (χ3v) is 5.98. The number of aromatic nitrogens is 2. The zero-order valence-corrected chi connectivity index (χ0v) is 21.0. The topological polar surface area (TPSA) is 44.2 Å². The van der Waals surface area contributed by atoms with Crippen molar-refractivity contribution in [3.63, 3.8) is 0 Å². The summed E-state index contributed by atoms with van der Waals surface area (Å²) in [5.41, 5.74) is 3.33. The summed E-state index contributed by atoms with van der Waals surface area (Å²) >= 11 is 0. The summed E-state index contributed by atoms with van der Waals surface area (Å²) in [4.78, 5) is 9.08. The van der Waals surface area contributed by atoms with Crippen LogP contribution in [0.1, 0.15) is 82.8 Å². The fraction of sp³-hybridized carbons (Fsp3) is 0.467. The van der Waals surface area contributed by atoms with Gasteiger partial charge in [0.1, 0.15) is 18.1 Å². The smallest absolute Gasteiger partial charge is 0.159 e. The molecule has 0 atom stereocenters. The van der Waals surface area contributed by atoms with Crippen LogP contribution in [-0.4, -0.2) is 16.6 Å². The van der Waals surface area contributed by atoms with Gasteiger partial charge >= 0.3 is 0 Å². The van der Waals surface area contributed by atoms with Gasteiger partial charge in [0.2, 0.25) is 0 Å². The first kappa shape index (κ1) is 25.7. The van der Waals surface area contributed by atoms with E-state index in [2.05, 4.69) is 35.9 Å². The summed E-state index contributed by atoms with van der Waals surface area (Å²) in [6, 6.07) is 16.2. The quantitative estimate of drug-likeness (QED) is 0.202. The molecule has 0 aliphatic carbocycles. The Kier molecular flexibility index (Phi) is 11.4. The summed E-state index contributed by atoms with van der Waals surface area (Å²) in [5, 5.41) is 0. The van der Waals surface area contributed by atoms with Crippen LogP contribution in [0.15, 0.2) is 60.9 Å². The number of unbranched alkanes of at least 4 members (excludes halogenated alkanes) is 7. The van der Waals surface area contributed by atoms with E-state index in [9.17, 15) is 0 Å². The molecular weight excluding hydrogens is 420 g/mol. The highest BCUT2D eigenvalue weighted by atomic mass is 16.5. The highest BCUT2D eigenvalue weighted by molar-refractivity contribution is 5.55. The molecule has 0 spiro atoms. The lowest BCUT2D eigenvalue weighted by atomic mass is 10.1. The van der Waals surface area contributed by atoms with E-state index in [4.69, 9.17) is 9.47 Å². The highest BCUT2D eigenvalue weighted by Gasteiger charge is 2.04. The Morgan fingerprint density at radius 2 is 1.18 bits per heavy atom. The van der Waals surface area contributed by atoms with E-state index in [1.807, 2.05) is 48.8 Å². The maximum absolute atomic E-state index is 5.96. The Morgan fingerprint density at radius 3 is 1.88 bits per heavy atom. The van der Waals surface area contributed by atoms with Gasteiger partial charge in [-0.2, -0.15) is 0 Å². The number of nitrogens with zero attached hydrogens (tertiary/aromatic N) is 2. The van der Waals surface area contributed by atoms with Crippen molar-refractivity contribution in [1.82, 2.24) is 9.97 Å². The Morgan fingerprint density at radius 1 is 0.588 bits per heavy atom. The van der Waals surface area contributed by atoms with E-state index >= 15 is 0 Å². The maximum atomic E-state index is 5.96. The van der Waals surface area contributed by atoms with Gasteiger partial charge in [0.15, 0.2) is 5.82 Å². The summed E-state index contributed by atoms with van der Waals surface area (Å²) in [7, 11) is 0. The van der Waals surface area contributed by atoms with Crippen molar-refractivity contribution < 1.29 is 9.47 Å². The Bertz CT molecular complexity index is 922. The van der Waals surface area contributed by atoms with Gasteiger partial charge in [0.05, 0.1) is 6.61 Å². The highest BCUT2D eigenvalue weighted by Crippen LogP contribution is 2.21. The van der Waals surface area contributed by atoms with Crippen molar-refractivity contribution in [3.8, 4) is 22.9 Å². The molecule has 0 aliphatic heterocycles. The standard InChI is InChI=1S/C30H40N2O2/c1-3-5-7-8-9-11-21-33-28-17-13-25(14-18-28)24-34-29-19-15-27(16-20-29)30-31-22-26(23-32-30)12-10-6-4-2/h13-20,22-23H,3-12,21,24H2,1-2H3. The lowest BCUT2D eigenvalue weighted by molar-refractivity contribution is 0.300. The van der Waals surface area contributed by atoms with Crippen LogP contribution >= 0.6 is 0 Å². The van der Waals surface area contributed by atoms with Gasteiger partial charge < -0.3 is 9.47 Å². The molecule has 2 aromatic carbocycles. The molecule has 0 aliphatic rings. The van der Waals surface area contributed by atoms with Gasteiger partial charge in [-0.25, -0.2) is 9.97 Å². The second-order valence-corrected chi connectivity index (χ2v) is 8.95. The molecule has 0 N–H and O–H groups in total. The largest absolute Gasteiger partial charge is 0.494 e.